The maximum Gasteiger partial charge on any atom is 0.194 e. The standard InChI is InChI=1S/C14H24N6.HI/c1-15-14(19-8-5-6-9-19)16-11-13-18-17-12-7-3-2-4-10-20(12)13;/h2-11H2,1H3,(H,15,16);1H. The fourth-order valence-electron chi connectivity index (χ4n) is 3.10. The van der Waals surface area contributed by atoms with Crippen LogP contribution in [0.25, 0.3) is 0 Å². The van der Waals surface area contributed by atoms with E-state index in [1.807, 2.05) is 7.05 Å². The van der Waals surface area contributed by atoms with Gasteiger partial charge in [-0.2, -0.15) is 0 Å². The lowest BCUT2D eigenvalue weighted by Crippen LogP contribution is -2.39. The van der Waals surface area contributed by atoms with Gasteiger partial charge in [-0.25, -0.2) is 0 Å². The van der Waals surface area contributed by atoms with Gasteiger partial charge in [0, 0.05) is 33.1 Å². The highest BCUT2D eigenvalue weighted by Crippen LogP contribution is 2.14. The van der Waals surface area contributed by atoms with Crippen LogP contribution in [0.15, 0.2) is 4.99 Å². The first-order valence-corrected chi connectivity index (χ1v) is 7.75. The Morgan fingerprint density at radius 1 is 1.10 bits per heavy atom. The van der Waals surface area contributed by atoms with Gasteiger partial charge in [0.2, 0.25) is 0 Å². The van der Waals surface area contributed by atoms with E-state index in [-0.39, 0.29) is 24.0 Å². The highest BCUT2D eigenvalue weighted by Gasteiger charge is 2.18. The van der Waals surface area contributed by atoms with Crippen LogP contribution in [0.2, 0.25) is 0 Å². The Morgan fingerprint density at radius 2 is 1.86 bits per heavy atom. The SMILES string of the molecule is CN=C(NCc1nnc2n1CCCCC2)N1CCCC1.I. The van der Waals surface area contributed by atoms with Gasteiger partial charge in [-0.1, -0.05) is 6.42 Å². The van der Waals surface area contributed by atoms with Gasteiger partial charge in [-0.15, -0.1) is 34.2 Å². The van der Waals surface area contributed by atoms with Crippen molar-refractivity contribution in [3.05, 3.63) is 11.6 Å². The van der Waals surface area contributed by atoms with Crippen LogP contribution >= 0.6 is 24.0 Å². The first-order valence-electron chi connectivity index (χ1n) is 7.75. The summed E-state index contributed by atoms with van der Waals surface area (Å²) in [6.45, 7) is 3.99. The molecule has 21 heavy (non-hydrogen) atoms. The van der Waals surface area contributed by atoms with Crippen molar-refractivity contribution >= 4 is 29.9 Å². The van der Waals surface area contributed by atoms with Crippen LogP contribution < -0.4 is 5.32 Å². The normalized spacial score (nSPS) is 18.9. The maximum atomic E-state index is 4.37. The minimum Gasteiger partial charge on any atom is -0.349 e. The smallest absolute Gasteiger partial charge is 0.194 e. The molecule has 1 N–H and O–H groups in total. The molecule has 0 atom stereocenters. The van der Waals surface area contributed by atoms with Crippen molar-refractivity contribution < 1.29 is 0 Å². The van der Waals surface area contributed by atoms with Crippen molar-refractivity contribution in [3.8, 4) is 0 Å². The van der Waals surface area contributed by atoms with Crippen molar-refractivity contribution in [2.75, 3.05) is 20.1 Å². The minimum atomic E-state index is 0. The van der Waals surface area contributed by atoms with E-state index in [0.29, 0.717) is 0 Å². The topological polar surface area (TPSA) is 58.3 Å². The number of hydrogen-bond acceptors (Lipinski definition) is 3. The predicted octanol–water partition coefficient (Wildman–Crippen LogP) is 1.79. The molecule has 0 aliphatic carbocycles. The Morgan fingerprint density at radius 3 is 2.62 bits per heavy atom. The zero-order valence-electron chi connectivity index (χ0n) is 12.7. The number of likely N-dealkylation sites (tertiary alicyclic amines) is 1. The molecule has 1 saturated heterocycles. The van der Waals surface area contributed by atoms with Crippen molar-refractivity contribution in [2.24, 2.45) is 4.99 Å². The second kappa shape index (κ2) is 7.95. The van der Waals surface area contributed by atoms with Gasteiger partial charge in [-0.3, -0.25) is 4.99 Å². The largest absolute Gasteiger partial charge is 0.349 e. The molecular formula is C14H25IN6. The summed E-state index contributed by atoms with van der Waals surface area (Å²) in [5.41, 5.74) is 0. The van der Waals surface area contributed by atoms with Crippen molar-refractivity contribution in [1.29, 1.82) is 0 Å². The summed E-state index contributed by atoms with van der Waals surface area (Å²) >= 11 is 0. The molecule has 0 amide bonds. The second-order valence-electron chi connectivity index (χ2n) is 5.59. The van der Waals surface area contributed by atoms with E-state index in [4.69, 9.17) is 0 Å². The van der Waals surface area contributed by atoms with Crippen LogP contribution in [0, 0.1) is 0 Å². The fourth-order valence-corrected chi connectivity index (χ4v) is 3.10. The number of guanidine groups is 1. The molecule has 118 valence electrons. The van der Waals surface area contributed by atoms with Crippen LogP contribution in [0.5, 0.6) is 0 Å². The van der Waals surface area contributed by atoms with E-state index < -0.39 is 0 Å². The van der Waals surface area contributed by atoms with E-state index in [0.717, 1.165) is 50.2 Å². The van der Waals surface area contributed by atoms with Crippen LogP contribution in [0.3, 0.4) is 0 Å². The number of rotatable bonds is 2. The van der Waals surface area contributed by atoms with E-state index in [2.05, 4.69) is 30.0 Å². The van der Waals surface area contributed by atoms with E-state index >= 15 is 0 Å². The van der Waals surface area contributed by atoms with Gasteiger partial charge in [-0.05, 0) is 25.7 Å². The highest BCUT2D eigenvalue weighted by atomic mass is 127. The van der Waals surface area contributed by atoms with Gasteiger partial charge in [0.15, 0.2) is 11.8 Å². The molecule has 6 nitrogen and oxygen atoms in total. The fraction of sp³-hybridized carbons (Fsp3) is 0.786. The summed E-state index contributed by atoms with van der Waals surface area (Å²) in [5.74, 6) is 3.19. The molecule has 0 bridgehead atoms. The first-order chi connectivity index (χ1) is 9.88. The Balaban J connectivity index is 0.00000161. The second-order valence-corrected chi connectivity index (χ2v) is 5.59. The molecule has 0 spiro atoms. The molecule has 2 aliphatic rings. The van der Waals surface area contributed by atoms with Crippen LogP contribution in [0.1, 0.15) is 43.8 Å². The predicted molar refractivity (Wildman–Crippen MR) is 94.0 cm³/mol. The average Bonchev–Trinajstić information content (AvgIpc) is 3.06. The zero-order chi connectivity index (χ0) is 13.8. The molecule has 0 aromatic carbocycles. The lowest BCUT2D eigenvalue weighted by atomic mass is 10.2. The Labute approximate surface area is 143 Å². The van der Waals surface area contributed by atoms with Crippen molar-refractivity contribution in [1.82, 2.24) is 25.0 Å². The summed E-state index contributed by atoms with van der Waals surface area (Å²) < 4.78 is 2.29. The molecule has 3 rings (SSSR count). The molecule has 1 aromatic heterocycles. The first kappa shape index (κ1) is 16.5. The molecule has 0 radical (unpaired) electrons. The number of fused-ring (bicyclic) bond motifs is 1. The summed E-state index contributed by atoms with van der Waals surface area (Å²) in [6.07, 6.45) is 7.36. The van der Waals surface area contributed by atoms with Gasteiger partial charge in [0.05, 0.1) is 6.54 Å². The summed E-state index contributed by atoms with van der Waals surface area (Å²) in [5, 5.41) is 12.1. The number of aromatic nitrogens is 3. The van der Waals surface area contributed by atoms with Gasteiger partial charge in [0.25, 0.3) is 0 Å². The Hall–Kier alpha value is -0.860. The van der Waals surface area contributed by atoms with Crippen LogP contribution in [-0.4, -0.2) is 45.8 Å². The molecule has 0 unspecified atom stereocenters. The van der Waals surface area contributed by atoms with E-state index in [1.165, 1.54) is 32.1 Å². The van der Waals surface area contributed by atoms with E-state index in [1.54, 1.807) is 0 Å². The van der Waals surface area contributed by atoms with Crippen molar-refractivity contribution in [3.63, 3.8) is 0 Å². The highest BCUT2D eigenvalue weighted by molar-refractivity contribution is 14.0. The lowest BCUT2D eigenvalue weighted by Gasteiger charge is -2.20. The maximum absolute atomic E-state index is 4.37. The van der Waals surface area contributed by atoms with Crippen molar-refractivity contribution in [2.45, 2.75) is 51.6 Å². The van der Waals surface area contributed by atoms with Crippen LogP contribution in [-0.2, 0) is 19.5 Å². The van der Waals surface area contributed by atoms with Gasteiger partial charge >= 0.3 is 0 Å². The number of aliphatic imine (C=N–C) groups is 1. The number of nitrogens with zero attached hydrogens (tertiary/aromatic N) is 5. The Kier molecular flexibility index (Phi) is 6.25. The molecular weight excluding hydrogens is 379 g/mol. The molecule has 1 fully saturated rings. The molecule has 1 aromatic rings. The summed E-state index contributed by atoms with van der Waals surface area (Å²) in [7, 11) is 1.85. The lowest BCUT2D eigenvalue weighted by molar-refractivity contribution is 0.489. The molecule has 0 saturated carbocycles. The number of nitrogens with one attached hydrogen (secondary N) is 1. The third-order valence-electron chi connectivity index (χ3n) is 4.21. The summed E-state index contributed by atoms with van der Waals surface area (Å²) in [6, 6.07) is 0. The minimum absolute atomic E-state index is 0. The van der Waals surface area contributed by atoms with Gasteiger partial charge < -0.3 is 14.8 Å². The van der Waals surface area contributed by atoms with E-state index in [9.17, 15) is 0 Å². The monoisotopic (exact) mass is 404 g/mol. The molecule has 7 heteroatoms. The zero-order valence-corrected chi connectivity index (χ0v) is 15.0. The average molecular weight is 404 g/mol. The number of hydrogen-bond donors (Lipinski definition) is 1. The number of halogens is 1. The molecule has 3 heterocycles. The number of aryl methyl sites for hydroxylation is 1. The van der Waals surface area contributed by atoms with Crippen LogP contribution in [0.4, 0.5) is 0 Å². The molecule has 2 aliphatic heterocycles. The quantitative estimate of drug-likeness (QED) is 0.464. The summed E-state index contributed by atoms with van der Waals surface area (Å²) in [4.78, 5) is 6.69. The third-order valence-corrected chi connectivity index (χ3v) is 4.21. The van der Waals surface area contributed by atoms with Gasteiger partial charge in [0.1, 0.15) is 5.82 Å². The Bertz CT molecular complexity index is 478. The third kappa shape index (κ3) is 3.87.